The van der Waals surface area contributed by atoms with Crippen LogP contribution < -0.4 is 5.32 Å². The fourth-order valence-electron chi connectivity index (χ4n) is 2.61. The number of aryl methyl sites for hydroxylation is 1. The second kappa shape index (κ2) is 5.00. The minimum Gasteiger partial charge on any atom is -0.310 e. The number of hydrogen-bond donors (Lipinski definition) is 2. The second-order valence-electron chi connectivity index (χ2n) is 5.40. The van der Waals surface area contributed by atoms with Crippen LogP contribution >= 0.6 is 0 Å². The zero-order valence-corrected chi connectivity index (χ0v) is 10.6. The molecule has 0 bridgehead atoms. The van der Waals surface area contributed by atoms with E-state index in [2.05, 4.69) is 36.3 Å². The Morgan fingerprint density at radius 3 is 2.94 bits per heavy atom. The first-order valence-electron chi connectivity index (χ1n) is 6.39. The van der Waals surface area contributed by atoms with Crippen LogP contribution in [-0.2, 0) is 6.54 Å². The third-order valence-electron chi connectivity index (χ3n) is 3.95. The van der Waals surface area contributed by atoms with Crippen LogP contribution in [-0.4, -0.2) is 16.2 Å². The van der Waals surface area contributed by atoms with E-state index in [1.165, 1.54) is 30.5 Å². The molecule has 2 rings (SSSR count). The van der Waals surface area contributed by atoms with Gasteiger partial charge in [-0.3, -0.25) is 5.10 Å². The van der Waals surface area contributed by atoms with Gasteiger partial charge in [0.1, 0.15) is 0 Å². The Morgan fingerprint density at radius 2 is 2.25 bits per heavy atom. The molecule has 3 atom stereocenters. The highest BCUT2D eigenvalue weighted by Gasteiger charge is 2.24. The molecule has 1 aliphatic rings. The van der Waals surface area contributed by atoms with E-state index in [-0.39, 0.29) is 0 Å². The van der Waals surface area contributed by atoms with Gasteiger partial charge in [0.15, 0.2) is 0 Å². The van der Waals surface area contributed by atoms with Crippen LogP contribution in [0.2, 0.25) is 0 Å². The lowest BCUT2D eigenvalue weighted by Gasteiger charge is -2.33. The van der Waals surface area contributed by atoms with Gasteiger partial charge in [0, 0.05) is 23.8 Å². The zero-order valence-electron chi connectivity index (χ0n) is 10.6. The Hall–Kier alpha value is -0.830. The topological polar surface area (TPSA) is 40.7 Å². The lowest BCUT2D eigenvalue weighted by molar-refractivity contribution is 0.227. The SMILES string of the molecule is Cc1[nH]ncc1CNC1CC(C)CCC1C. The normalized spacial score (nSPS) is 30.6. The Balaban J connectivity index is 1.87. The minimum absolute atomic E-state index is 0.679. The Kier molecular flexibility index (Phi) is 3.64. The molecule has 1 aliphatic carbocycles. The minimum atomic E-state index is 0.679. The number of aromatic amines is 1. The van der Waals surface area contributed by atoms with Crippen molar-refractivity contribution in [1.29, 1.82) is 0 Å². The van der Waals surface area contributed by atoms with Gasteiger partial charge in [0.25, 0.3) is 0 Å². The Morgan fingerprint density at radius 1 is 1.44 bits per heavy atom. The van der Waals surface area contributed by atoms with Crippen LogP contribution in [0.15, 0.2) is 6.20 Å². The molecule has 3 unspecified atom stereocenters. The summed E-state index contributed by atoms with van der Waals surface area (Å²) in [6.45, 7) is 7.76. The van der Waals surface area contributed by atoms with Crippen LogP contribution in [0.4, 0.5) is 0 Å². The molecule has 0 radical (unpaired) electrons. The number of nitrogens with zero attached hydrogens (tertiary/aromatic N) is 1. The Labute approximate surface area is 98.0 Å². The van der Waals surface area contributed by atoms with Gasteiger partial charge in [-0.2, -0.15) is 5.10 Å². The molecule has 0 spiro atoms. The van der Waals surface area contributed by atoms with Gasteiger partial charge in [-0.15, -0.1) is 0 Å². The number of H-pyrrole nitrogens is 1. The number of hydrogen-bond acceptors (Lipinski definition) is 2. The maximum Gasteiger partial charge on any atom is 0.0535 e. The smallest absolute Gasteiger partial charge is 0.0535 e. The summed E-state index contributed by atoms with van der Waals surface area (Å²) in [5.41, 5.74) is 2.48. The molecular weight excluding hydrogens is 198 g/mol. The fourth-order valence-corrected chi connectivity index (χ4v) is 2.61. The molecule has 0 aromatic carbocycles. The quantitative estimate of drug-likeness (QED) is 0.823. The maximum atomic E-state index is 4.05. The first-order valence-corrected chi connectivity index (χ1v) is 6.39. The lowest BCUT2D eigenvalue weighted by Crippen LogP contribution is -2.39. The fraction of sp³-hybridized carbons (Fsp3) is 0.769. The highest BCUT2D eigenvalue weighted by Crippen LogP contribution is 2.28. The van der Waals surface area contributed by atoms with Crippen molar-refractivity contribution in [3.8, 4) is 0 Å². The van der Waals surface area contributed by atoms with Gasteiger partial charge >= 0.3 is 0 Å². The summed E-state index contributed by atoms with van der Waals surface area (Å²) < 4.78 is 0. The van der Waals surface area contributed by atoms with Gasteiger partial charge in [0.05, 0.1) is 6.20 Å². The van der Waals surface area contributed by atoms with E-state index in [1.807, 2.05) is 6.20 Å². The number of aromatic nitrogens is 2. The van der Waals surface area contributed by atoms with Crippen LogP contribution in [0, 0.1) is 18.8 Å². The van der Waals surface area contributed by atoms with Crippen molar-refractivity contribution in [1.82, 2.24) is 15.5 Å². The van der Waals surface area contributed by atoms with E-state index < -0.39 is 0 Å². The molecule has 1 aromatic rings. The molecule has 3 nitrogen and oxygen atoms in total. The van der Waals surface area contributed by atoms with E-state index in [0.29, 0.717) is 6.04 Å². The average Bonchev–Trinajstić information content (AvgIpc) is 2.66. The van der Waals surface area contributed by atoms with Gasteiger partial charge in [-0.25, -0.2) is 0 Å². The summed E-state index contributed by atoms with van der Waals surface area (Å²) in [5.74, 6) is 1.68. The monoisotopic (exact) mass is 221 g/mol. The third kappa shape index (κ3) is 2.64. The van der Waals surface area contributed by atoms with E-state index in [9.17, 15) is 0 Å². The van der Waals surface area contributed by atoms with Crippen LogP contribution in [0.3, 0.4) is 0 Å². The Bertz CT molecular complexity index is 332. The van der Waals surface area contributed by atoms with Gasteiger partial charge in [0.2, 0.25) is 0 Å². The van der Waals surface area contributed by atoms with Crippen molar-refractivity contribution >= 4 is 0 Å². The molecule has 0 saturated heterocycles. The maximum absolute atomic E-state index is 4.05. The van der Waals surface area contributed by atoms with Crippen molar-refractivity contribution in [3.05, 3.63) is 17.5 Å². The van der Waals surface area contributed by atoms with E-state index in [1.54, 1.807) is 0 Å². The average molecular weight is 221 g/mol. The summed E-state index contributed by atoms with van der Waals surface area (Å²) in [4.78, 5) is 0. The molecular formula is C13H23N3. The van der Waals surface area contributed by atoms with Crippen molar-refractivity contribution in [3.63, 3.8) is 0 Å². The van der Waals surface area contributed by atoms with Crippen LogP contribution in [0.25, 0.3) is 0 Å². The summed E-state index contributed by atoms with van der Waals surface area (Å²) in [6, 6.07) is 0.679. The summed E-state index contributed by atoms with van der Waals surface area (Å²) in [6.07, 6.45) is 6.00. The molecule has 0 aliphatic heterocycles. The second-order valence-corrected chi connectivity index (χ2v) is 5.40. The lowest BCUT2D eigenvalue weighted by atomic mass is 9.80. The summed E-state index contributed by atoms with van der Waals surface area (Å²) >= 11 is 0. The number of nitrogens with one attached hydrogen (secondary N) is 2. The molecule has 1 fully saturated rings. The molecule has 3 heteroatoms. The van der Waals surface area contributed by atoms with E-state index in [0.717, 1.165) is 18.4 Å². The molecule has 0 amide bonds. The van der Waals surface area contributed by atoms with Crippen molar-refractivity contribution in [2.24, 2.45) is 11.8 Å². The molecule has 90 valence electrons. The highest BCUT2D eigenvalue weighted by molar-refractivity contribution is 5.14. The first kappa shape index (κ1) is 11.6. The van der Waals surface area contributed by atoms with E-state index >= 15 is 0 Å². The van der Waals surface area contributed by atoms with Crippen LogP contribution in [0.5, 0.6) is 0 Å². The van der Waals surface area contributed by atoms with Crippen LogP contribution in [0.1, 0.15) is 44.4 Å². The highest BCUT2D eigenvalue weighted by atomic mass is 15.1. The van der Waals surface area contributed by atoms with Gasteiger partial charge in [-0.05, 0) is 31.6 Å². The summed E-state index contributed by atoms with van der Waals surface area (Å²) in [5, 5.41) is 10.7. The largest absolute Gasteiger partial charge is 0.310 e. The predicted octanol–water partition coefficient (Wildman–Crippen LogP) is 2.63. The first-order chi connectivity index (χ1) is 7.66. The zero-order chi connectivity index (χ0) is 11.5. The molecule has 16 heavy (non-hydrogen) atoms. The third-order valence-corrected chi connectivity index (χ3v) is 3.95. The predicted molar refractivity (Wildman–Crippen MR) is 66.1 cm³/mol. The molecule has 1 saturated carbocycles. The van der Waals surface area contributed by atoms with Gasteiger partial charge in [-0.1, -0.05) is 20.3 Å². The standard InChI is InChI=1S/C13H23N3/c1-9-4-5-10(2)13(6-9)14-7-12-8-15-16-11(12)3/h8-10,13-14H,4-7H2,1-3H3,(H,15,16). The van der Waals surface area contributed by atoms with Crippen molar-refractivity contribution in [2.75, 3.05) is 0 Å². The van der Waals surface area contributed by atoms with E-state index in [4.69, 9.17) is 0 Å². The van der Waals surface area contributed by atoms with Crippen molar-refractivity contribution < 1.29 is 0 Å². The number of rotatable bonds is 3. The molecule has 1 heterocycles. The molecule has 1 aromatic heterocycles. The summed E-state index contributed by atoms with van der Waals surface area (Å²) in [7, 11) is 0. The van der Waals surface area contributed by atoms with Crippen molar-refractivity contribution in [2.45, 2.75) is 52.6 Å². The molecule has 2 N–H and O–H groups in total. The van der Waals surface area contributed by atoms with Gasteiger partial charge < -0.3 is 5.32 Å².